The zero-order valence-corrected chi connectivity index (χ0v) is 13.3. The van der Waals surface area contributed by atoms with Gasteiger partial charge in [0.25, 0.3) is 0 Å². The van der Waals surface area contributed by atoms with E-state index in [0.717, 1.165) is 6.42 Å². The number of aryl methyl sites for hydroxylation is 1. The maximum absolute atomic E-state index is 11.8. The molecule has 1 aliphatic rings. The third-order valence-corrected chi connectivity index (χ3v) is 4.16. The molecule has 1 aliphatic carbocycles. The summed E-state index contributed by atoms with van der Waals surface area (Å²) >= 11 is 0. The van der Waals surface area contributed by atoms with Crippen molar-refractivity contribution in [2.75, 3.05) is 6.61 Å². The summed E-state index contributed by atoms with van der Waals surface area (Å²) in [7, 11) is 0. The maximum Gasteiger partial charge on any atom is 0.338 e. The van der Waals surface area contributed by atoms with Crippen molar-refractivity contribution in [3.63, 3.8) is 0 Å². The maximum atomic E-state index is 11.8. The van der Waals surface area contributed by atoms with Gasteiger partial charge in [-0.3, -0.25) is 0 Å². The number of benzene rings is 1. The summed E-state index contributed by atoms with van der Waals surface area (Å²) in [5.74, 6) is 0.453. The first-order valence-corrected chi connectivity index (χ1v) is 8.55. The third kappa shape index (κ3) is 6.33. The highest BCUT2D eigenvalue weighted by atomic mass is 16.5. The van der Waals surface area contributed by atoms with E-state index in [9.17, 15) is 4.79 Å². The van der Waals surface area contributed by atoms with Crippen LogP contribution in [-0.2, 0) is 11.2 Å². The van der Waals surface area contributed by atoms with E-state index in [1.165, 1.54) is 56.9 Å². The van der Waals surface area contributed by atoms with Gasteiger partial charge in [-0.15, -0.1) is 0 Å². The van der Waals surface area contributed by atoms with E-state index >= 15 is 0 Å². The third-order valence-electron chi connectivity index (χ3n) is 4.16. The smallest absolute Gasteiger partial charge is 0.338 e. The van der Waals surface area contributed by atoms with Crippen molar-refractivity contribution in [1.82, 2.24) is 0 Å². The lowest BCUT2D eigenvalue weighted by Crippen LogP contribution is -2.07. The van der Waals surface area contributed by atoms with Crippen LogP contribution < -0.4 is 0 Å². The van der Waals surface area contributed by atoms with Gasteiger partial charge < -0.3 is 4.74 Å². The van der Waals surface area contributed by atoms with E-state index in [-0.39, 0.29) is 5.97 Å². The first-order valence-electron chi connectivity index (χ1n) is 8.55. The van der Waals surface area contributed by atoms with Gasteiger partial charge in [-0.1, -0.05) is 51.2 Å². The number of carbonyl (C=O) groups excluding carboxylic acids is 1. The van der Waals surface area contributed by atoms with Crippen molar-refractivity contribution >= 4 is 5.97 Å². The first-order chi connectivity index (χ1) is 10.3. The summed E-state index contributed by atoms with van der Waals surface area (Å²) in [6, 6.07) is 7.95. The fourth-order valence-electron chi connectivity index (χ4n) is 2.48. The Balaban J connectivity index is 1.64. The molecular formula is C19H28O2. The van der Waals surface area contributed by atoms with Crippen molar-refractivity contribution in [2.45, 2.75) is 64.7 Å². The second kappa shape index (κ2) is 8.86. The fraction of sp³-hybridized carbons (Fsp3) is 0.632. The van der Waals surface area contributed by atoms with Crippen LogP contribution in [0.2, 0.25) is 0 Å². The Kier molecular flexibility index (Phi) is 6.78. The van der Waals surface area contributed by atoms with E-state index < -0.39 is 0 Å². The van der Waals surface area contributed by atoms with Gasteiger partial charge in [0.05, 0.1) is 12.2 Å². The quantitative estimate of drug-likeness (QED) is 0.439. The molecule has 21 heavy (non-hydrogen) atoms. The molecule has 116 valence electrons. The molecule has 0 unspecified atom stereocenters. The van der Waals surface area contributed by atoms with E-state index in [1.54, 1.807) is 0 Å². The zero-order valence-electron chi connectivity index (χ0n) is 13.3. The first kappa shape index (κ1) is 16.1. The Morgan fingerprint density at radius 3 is 2.38 bits per heavy atom. The molecule has 0 aromatic heterocycles. The van der Waals surface area contributed by atoms with Crippen LogP contribution in [0.15, 0.2) is 24.3 Å². The number of ether oxygens (including phenoxy) is 1. The van der Waals surface area contributed by atoms with Gasteiger partial charge in [-0.25, -0.2) is 4.79 Å². The average molecular weight is 288 g/mol. The van der Waals surface area contributed by atoms with Crippen LogP contribution in [0, 0.1) is 5.92 Å². The van der Waals surface area contributed by atoms with Crippen molar-refractivity contribution in [1.29, 1.82) is 0 Å². The molecule has 0 aliphatic heterocycles. The molecule has 2 rings (SSSR count). The highest BCUT2D eigenvalue weighted by molar-refractivity contribution is 5.89. The second-order valence-corrected chi connectivity index (χ2v) is 6.26. The van der Waals surface area contributed by atoms with Crippen LogP contribution in [0.3, 0.4) is 0 Å². The van der Waals surface area contributed by atoms with Crippen LogP contribution >= 0.6 is 0 Å². The van der Waals surface area contributed by atoms with E-state index in [2.05, 4.69) is 19.1 Å². The lowest BCUT2D eigenvalue weighted by atomic mass is 10.0. The van der Waals surface area contributed by atoms with Crippen molar-refractivity contribution in [3.8, 4) is 0 Å². The number of esters is 1. The monoisotopic (exact) mass is 288 g/mol. The number of carbonyl (C=O) groups is 1. The van der Waals surface area contributed by atoms with E-state index in [0.29, 0.717) is 18.1 Å². The predicted molar refractivity (Wildman–Crippen MR) is 86.5 cm³/mol. The lowest BCUT2D eigenvalue weighted by Gasteiger charge is -2.05. The summed E-state index contributed by atoms with van der Waals surface area (Å²) in [6.07, 6.45) is 11.5. The Morgan fingerprint density at radius 1 is 1.05 bits per heavy atom. The van der Waals surface area contributed by atoms with Crippen LogP contribution in [0.5, 0.6) is 0 Å². The predicted octanol–water partition coefficient (Wildman–Crippen LogP) is 5.16. The molecule has 2 nitrogen and oxygen atoms in total. The summed E-state index contributed by atoms with van der Waals surface area (Å²) in [5, 5.41) is 0. The SMILES string of the molecule is CCCCCCCCc1ccc(C(=O)OCC2CC2)cc1. The summed E-state index contributed by atoms with van der Waals surface area (Å²) in [6.45, 7) is 2.84. The van der Waals surface area contributed by atoms with Crippen LogP contribution in [0.1, 0.15) is 74.2 Å². The molecule has 2 heteroatoms. The minimum absolute atomic E-state index is 0.173. The molecule has 0 heterocycles. The molecule has 1 aromatic rings. The molecule has 1 fully saturated rings. The molecule has 0 spiro atoms. The number of hydrogen-bond acceptors (Lipinski definition) is 2. The molecular weight excluding hydrogens is 260 g/mol. The molecule has 0 atom stereocenters. The van der Waals surface area contributed by atoms with E-state index in [1.807, 2.05) is 12.1 Å². The molecule has 0 amide bonds. The zero-order chi connectivity index (χ0) is 14.9. The minimum Gasteiger partial charge on any atom is -0.462 e. The minimum atomic E-state index is -0.173. The molecule has 1 saturated carbocycles. The number of unbranched alkanes of at least 4 members (excludes halogenated alkanes) is 5. The van der Waals surface area contributed by atoms with Gasteiger partial charge in [0.15, 0.2) is 0 Å². The Hall–Kier alpha value is -1.31. The topological polar surface area (TPSA) is 26.3 Å². The van der Waals surface area contributed by atoms with Gasteiger partial charge in [0, 0.05) is 0 Å². The molecule has 0 bridgehead atoms. The van der Waals surface area contributed by atoms with Crippen molar-refractivity contribution < 1.29 is 9.53 Å². The number of rotatable bonds is 10. The normalized spacial score (nSPS) is 14.1. The lowest BCUT2D eigenvalue weighted by molar-refractivity contribution is 0.0486. The Labute approximate surface area is 128 Å². The van der Waals surface area contributed by atoms with Gasteiger partial charge in [0.1, 0.15) is 0 Å². The largest absolute Gasteiger partial charge is 0.462 e. The standard InChI is InChI=1S/C19H28O2/c1-2-3-4-5-6-7-8-16-11-13-18(14-12-16)19(20)21-15-17-9-10-17/h11-14,17H,2-10,15H2,1H3. The molecule has 0 radical (unpaired) electrons. The van der Waals surface area contributed by atoms with Crippen molar-refractivity contribution in [2.24, 2.45) is 5.92 Å². The highest BCUT2D eigenvalue weighted by Crippen LogP contribution is 2.29. The summed E-state index contributed by atoms with van der Waals surface area (Å²) < 4.78 is 5.29. The van der Waals surface area contributed by atoms with Crippen LogP contribution in [0.4, 0.5) is 0 Å². The van der Waals surface area contributed by atoms with Gasteiger partial charge in [-0.05, 0) is 49.3 Å². The van der Waals surface area contributed by atoms with Crippen molar-refractivity contribution in [3.05, 3.63) is 35.4 Å². The second-order valence-electron chi connectivity index (χ2n) is 6.26. The summed E-state index contributed by atoms with van der Waals surface area (Å²) in [5.41, 5.74) is 2.01. The average Bonchev–Trinajstić information content (AvgIpc) is 3.33. The Morgan fingerprint density at radius 2 is 1.71 bits per heavy atom. The van der Waals surface area contributed by atoms with Crippen LogP contribution in [0.25, 0.3) is 0 Å². The summed E-state index contributed by atoms with van der Waals surface area (Å²) in [4.78, 5) is 11.8. The molecule has 0 saturated heterocycles. The number of hydrogen-bond donors (Lipinski definition) is 0. The fourth-order valence-corrected chi connectivity index (χ4v) is 2.48. The molecule has 1 aromatic carbocycles. The van der Waals surface area contributed by atoms with E-state index in [4.69, 9.17) is 4.74 Å². The van der Waals surface area contributed by atoms with Gasteiger partial charge in [-0.2, -0.15) is 0 Å². The Bertz CT molecular complexity index is 418. The highest BCUT2D eigenvalue weighted by Gasteiger charge is 2.23. The van der Waals surface area contributed by atoms with Crippen LogP contribution in [-0.4, -0.2) is 12.6 Å². The van der Waals surface area contributed by atoms with Gasteiger partial charge in [0.2, 0.25) is 0 Å². The van der Waals surface area contributed by atoms with Gasteiger partial charge >= 0.3 is 5.97 Å². The molecule has 0 N–H and O–H groups in total.